The van der Waals surface area contributed by atoms with E-state index in [9.17, 15) is 14.4 Å². The van der Waals surface area contributed by atoms with Gasteiger partial charge in [0.2, 0.25) is 11.8 Å². The molecular weight excluding hydrogens is 366 g/mol. The standard InChI is InChI=1S/C18H25N5O3S/c19-7-4-15(24)20-11-13-3-1-2-8-23(13)16(25)5-9-22-12-21-17-14(18(22)26)6-10-27-17/h6,10,12-13H,1-5,7-9,11,19H2,(H,20,24). The van der Waals surface area contributed by atoms with Crippen molar-refractivity contribution in [1.82, 2.24) is 19.8 Å². The molecule has 3 N–H and O–H groups in total. The fraction of sp³-hybridized carbons (Fsp3) is 0.556. The Morgan fingerprint density at radius 3 is 3.00 bits per heavy atom. The van der Waals surface area contributed by atoms with Gasteiger partial charge in [-0.25, -0.2) is 4.98 Å². The lowest BCUT2D eigenvalue weighted by molar-refractivity contribution is -0.135. The summed E-state index contributed by atoms with van der Waals surface area (Å²) in [6.07, 6.45) is 4.92. The first kappa shape index (κ1) is 19.5. The minimum absolute atomic E-state index is 0.00201. The summed E-state index contributed by atoms with van der Waals surface area (Å²) < 4.78 is 1.49. The maximum absolute atomic E-state index is 12.7. The molecule has 146 valence electrons. The molecule has 1 saturated heterocycles. The second-order valence-corrected chi connectivity index (χ2v) is 7.61. The summed E-state index contributed by atoms with van der Waals surface area (Å²) >= 11 is 1.43. The van der Waals surface area contributed by atoms with Crippen LogP contribution >= 0.6 is 11.3 Å². The molecule has 0 aromatic carbocycles. The van der Waals surface area contributed by atoms with E-state index in [0.29, 0.717) is 42.8 Å². The van der Waals surface area contributed by atoms with Crippen molar-refractivity contribution < 1.29 is 9.59 Å². The van der Waals surface area contributed by atoms with E-state index in [0.717, 1.165) is 19.3 Å². The predicted molar refractivity (Wildman–Crippen MR) is 105 cm³/mol. The highest BCUT2D eigenvalue weighted by Crippen LogP contribution is 2.18. The summed E-state index contributed by atoms with van der Waals surface area (Å²) in [7, 11) is 0. The van der Waals surface area contributed by atoms with Crippen LogP contribution in [0.5, 0.6) is 0 Å². The minimum atomic E-state index is -0.113. The summed E-state index contributed by atoms with van der Waals surface area (Å²) in [6, 6.07) is 1.76. The highest BCUT2D eigenvalue weighted by Gasteiger charge is 2.26. The fourth-order valence-electron chi connectivity index (χ4n) is 3.40. The van der Waals surface area contributed by atoms with Crippen molar-refractivity contribution in [3.05, 3.63) is 28.1 Å². The van der Waals surface area contributed by atoms with Crippen molar-refractivity contribution in [2.24, 2.45) is 5.73 Å². The first-order valence-electron chi connectivity index (χ1n) is 9.29. The molecule has 2 amide bonds. The smallest absolute Gasteiger partial charge is 0.262 e. The molecule has 0 spiro atoms. The van der Waals surface area contributed by atoms with Crippen LogP contribution in [0, 0.1) is 0 Å². The Morgan fingerprint density at radius 1 is 1.33 bits per heavy atom. The Hall–Kier alpha value is -2.26. The van der Waals surface area contributed by atoms with Crippen LogP contribution in [0.1, 0.15) is 32.1 Å². The van der Waals surface area contributed by atoms with Crippen molar-refractivity contribution in [3.63, 3.8) is 0 Å². The molecule has 0 aliphatic carbocycles. The van der Waals surface area contributed by atoms with Crippen LogP contribution in [0.2, 0.25) is 0 Å². The number of amides is 2. The van der Waals surface area contributed by atoms with Gasteiger partial charge in [0.1, 0.15) is 4.83 Å². The second-order valence-electron chi connectivity index (χ2n) is 6.71. The van der Waals surface area contributed by atoms with Crippen LogP contribution in [0.4, 0.5) is 0 Å². The van der Waals surface area contributed by atoms with Crippen molar-refractivity contribution in [2.45, 2.75) is 44.7 Å². The zero-order valence-electron chi connectivity index (χ0n) is 15.2. The van der Waals surface area contributed by atoms with E-state index in [1.165, 1.54) is 22.2 Å². The molecule has 8 nitrogen and oxygen atoms in total. The van der Waals surface area contributed by atoms with E-state index in [1.54, 1.807) is 6.07 Å². The van der Waals surface area contributed by atoms with Crippen LogP contribution in [0.3, 0.4) is 0 Å². The number of rotatable bonds is 7. The van der Waals surface area contributed by atoms with Gasteiger partial charge < -0.3 is 16.0 Å². The molecular formula is C18H25N5O3S. The summed E-state index contributed by atoms with van der Waals surface area (Å²) in [5.74, 6) is -0.0812. The normalized spacial score (nSPS) is 17.2. The van der Waals surface area contributed by atoms with Gasteiger partial charge in [0.15, 0.2) is 0 Å². The molecule has 2 aromatic rings. The highest BCUT2D eigenvalue weighted by molar-refractivity contribution is 7.16. The van der Waals surface area contributed by atoms with Gasteiger partial charge in [0, 0.05) is 45.1 Å². The molecule has 3 rings (SSSR count). The number of thiophene rings is 1. The van der Waals surface area contributed by atoms with Crippen molar-refractivity contribution >= 4 is 33.4 Å². The third-order valence-electron chi connectivity index (χ3n) is 4.87. The average Bonchev–Trinajstić information content (AvgIpc) is 3.16. The highest BCUT2D eigenvalue weighted by atomic mass is 32.1. The topological polar surface area (TPSA) is 110 Å². The third-order valence-corrected chi connectivity index (χ3v) is 5.69. The van der Waals surface area contributed by atoms with Crippen LogP contribution in [-0.4, -0.2) is 51.9 Å². The number of aryl methyl sites for hydroxylation is 1. The van der Waals surface area contributed by atoms with E-state index < -0.39 is 0 Å². The van der Waals surface area contributed by atoms with Crippen LogP contribution in [0.15, 0.2) is 22.6 Å². The predicted octanol–water partition coefficient (Wildman–Crippen LogP) is 0.694. The maximum Gasteiger partial charge on any atom is 0.262 e. The lowest BCUT2D eigenvalue weighted by atomic mass is 10.0. The fourth-order valence-corrected chi connectivity index (χ4v) is 4.13. The third kappa shape index (κ3) is 4.72. The number of nitrogens with one attached hydrogen (secondary N) is 1. The van der Waals surface area contributed by atoms with Crippen molar-refractivity contribution in [3.8, 4) is 0 Å². The van der Waals surface area contributed by atoms with Gasteiger partial charge in [-0.15, -0.1) is 11.3 Å². The van der Waals surface area contributed by atoms with E-state index in [2.05, 4.69) is 10.3 Å². The van der Waals surface area contributed by atoms with Crippen LogP contribution < -0.4 is 16.6 Å². The molecule has 1 atom stereocenters. The molecule has 1 aliphatic rings. The number of nitrogens with two attached hydrogens (primary N) is 1. The van der Waals surface area contributed by atoms with E-state index >= 15 is 0 Å². The average molecular weight is 391 g/mol. The molecule has 1 aliphatic heterocycles. The Balaban J connectivity index is 1.60. The Kier molecular flexibility index (Phi) is 6.57. The van der Waals surface area contributed by atoms with E-state index in [1.807, 2.05) is 10.3 Å². The molecule has 1 fully saturated rings. The van der Waals surface area contributed by atoms with Gasteiger partial charge in [-0.2, -0.15) is 0 Å². The van der Waals surface area contributed by atoms with Crippen LogP contribution in [0.25, 0.3) is 10.2 Å². The summed E-state index contributed by atoms with van der Waals surface area (Å²) in [6.45, 7) is 1.76. The summed E-state index contributed by atoms with van der Waals surface area (Å²) in [5, 5.41) is 5.29. The number of hydrogen-bond donors (Lipinski definition) is 2. The maximum atomic E-state index is 12.7. The van der Waals surface area contributed by atoms with Crippen LogP contribution in [-0.2, 0) is 16.1 Å². The van der Waals surface area contributed by atoms with Gasteiger partial charge in [-0.05, 0) is 30.7 Å². The molecule has 1 unspecified atom stereocenters. The summed E-state index contributed by atoms with van der Waals surface area (Å²) in [5.41, 5.74) is 5.28. The van der Waals surface area contributed by atoms with Gasteiger partial charge in [0.05, 0.1) is 11.7 Å². The molecule has 0 saturated carbocycles. The van der Waals surface area contributed by atoms with E-state index in [4.69, 9.17) is 5.73 Å². The zero-order chi connectivity index (χ0) is 19.2. The number of aromatic nitrogens is 2. The number of carbonyl (C=O) groups excluding carboxylic acids is 2. The van der Waals surface area contributed by atoms with E-state index in [-0.39, 0.29) is 29.8 Å². The molecule has 0 radical (unpaired) electrons. The monoisotopic (exact) mass is 391 g/mol. The number of likely N-dealkylation sites (tertiary alicyclic amines) is 1. The Morgan fingerprint density at radius 2 is 2.19 bits per heavy atom. The molecule has 27 heavy (non-hydrogen) atoms. The van der Waals surface area contributed by atoms with Gasteiger partial charge in [-0.3, -0.25) is 19.0 Å². The summed E-state index contributed by atoms with van der Waals surface area (Å²) in [4.78, 5) is 43.7. The Labute approximate surface area is 161 Å². The molecule has 0 bridgehead atoms. The number of carbonyl (C=O) groups is 2. The lowest BCUT2D eigenvalue weighted by Gasteiger charge is -2.36. The van der Waals surface area contributed by atoms with Gasteiger partial charge in [-0.1, -0.05) is 0 Å². The van der Waals surface area contributed by atoms with Gasteiger partial charge in [0.25, 0.3) is 5.56 Å². The number of hydrogen-bond acceptors (Lipinski definition) is 6. The lowest BCUT2D eigenvalue weighted by Crippen LogP contribution is -2.49. The largest absolute Gasteiger partial charge is 0.354 e. The molecule has 9 heteroatoms. The quantitative estimate of drug-likeness (QED) is 0.722. The second kappa shape index (κ2) is 9.09. The molecule has 2 aromatic heterocycles. The number of fused-ring (bicyclic) bond motifs is 1. The van der Waals surface area contributed by atoms with Crippen molar-refractivity contribution in [1.29, 1.82) is 0 Å². The number of piperidine rings is 1. The first-order valence-corrected chi connectivity index (χ1v) is 10.2. The van der Waals surface area contributed by atoms with Gasteiger partial charge >= 0.3 is 0 Å². The SMILES string of the molecule is NCCC(=O)NCC1CCCCN1C(=O)CCn1cnc2sccc2c1=O. The van der Waals surface area contributed by atoms with Crippen molar-refractivity contribution in [2.75, 3.05) is 19.6 Å². The zero-order valence-corrected chi connectivity index (χ0v) is 16.0. The number of nitrogens with zero attached hydrogens (tertiary/aromatic N) is 3. The minimum Gasteiger partial charge on any atom is -0.354 e. The molecule has 3 heterocycles. The Bertz CT molecular complexity index is 862. The first-order chi connectivity index (χ1) is 13.1.